The Morgan fingerprint density at radius 2 is 1.56 bits per heavy atom. The van der Waals surface area contributed by atoms with Gasteiger partial charge in [0.15, 0.2) is 0 Å². The molecule has 25 heavy (non-hydrogen) atoms. The second-order valence-electron chi connectivity index (χ2n) is 7.85. The van der Waals surface area contributed by atoms with Gasteiger partial charge in [0.1, 0.15) is 5.73 Å². The van der Waals surface area contributed by atoms with Crippen LogP contribution >= 0.6 is 0 Å². The van der Waals surface area contributed by atoms with Crippen molar-refractivity contribution in [2.45, 2.75) is 45.8 Å². The van der Waals surface area contributed by atoms with E-state index in [1.54, 1.807) is 6.92 Å². The summed E-state index contributed by atoms with van der Waals surface area (Å²) < 4.78 is 26.6. The lowest BCUT2D eigenvalue weighted by Crippen LogP contribution is -2.43. The molecular formula is C19H28BFN2O2. The number of rotatable bonds is 3. The molecule has 0 bridgehead atoms. The van der Waals surface area contributed by atoms with Crippen LogP contribution in [-0.4, -0.2) is 44.5 Å². The van der Waals surface area contributed by atoms with Crippen molar-refractivity contribution in [3.8, 4) is 0 Å². The molecule has 0 atom stereocenters. The minimum atomic E-state index is -0.946. The number of hydrogen-bond donors (Lipinski definition) is 1. The second kappa shape index (κ2) is 6.74. The van der Waals surface area contributed by atoms with Crippen LogP contribution in [0.3, 0.4) is 0 Å². The van der Waals surface area contributed by atoms with E-state index in [0.717, 1.165) is 31.7 Å². The zero-order valence-electron chi connectivity index (χ0n) is 15.9. The number of hydrogen-bond acceptors (Lipinski definition) is 4. The summed E-state index contributed by atoms with van der Waals surface area (Å²) in [7, 11) is -0.946. The molecular weight excluding hydrogens is 318 g/mol. The number of benzene rings is 1. The van der Waals surface area contributed by atoms with Crippen LogP contribution in [0, 0.1) is 0 Å². The molecule has 1 N–H and O–H groups in total. The molecule has 0 unspecified atom stereocenters. The average molecular weight is 346 g/mol. The van der Waals surface area contributed by atoms with Crippen LogP contribution in [0.4, 0.5) is 10.1 Å². The average Bonchev–Trinajstić information content (AvgIpc) is 2.82. The highest BCUT2D eigenvalue weighted by Gasteiger charge is 2.53. The summed E-state index contributed by atoms with van der Waals surface area (Å²) in [5.74, 6) is 0. The van der Waals surface area contributed by atoms with E-state index < -0.39 is 18.3 Å². The minimum Gasteiger partial charge on any atom is -0.398 e. The van der Waals surface area contributed by atoms with Crippen LogP contribution in [0.5, 0.6) is 0 Å². The number of piperazine rings is 1. The molecule has 0 amide bonds. The van der Waals surface area contributed by atoms with E-state index in [1.165, 1.54) is 5.69 Å². The molecule has 136 valence electrons. The van der Waals surface area contributed by atoms with Crippen LogP contribution in [0.15, 0.2) is 30.0 Å². The molecule has 2 aliphatic heterocycles. The molecule has 0 spiro atoms. The standard InChI is InChI=1S/C19H28BFN2O2/c1-14(17(21)20-24-18(2,3)19(4,5)25-20)15-6-8-16(9-7-15)23-12-10-22-11-13-23/h6-9,22H,10-13H2,1-5H3. The Balaban J connectivity index is 1.77. The molecule has 3 rings (SSSR count). The van der Waals surface area contributed by atoms with E-state index in [2.05, 4.69) is 22.3 Å². The smallest absolute Gasteiger partial charge is 0.398 e. The third-order valence-electron chi connectivity index (χ3n) is 5.60. The maximum atomic E-state index is 14.9. The maximum absolute atomic E-state index is 14.9. The van der Waals surface area contributed by atoms with Gasteiger partial charge in [-0.05, 0) is 57.9 Å². The van der Waals surface area contributed by atoms with Gasteiger partial charge in [0, 0.05) is 31.9 Å². The van der Waals surface area contributed by atoms with Gasteiger partial charge in [0.05, 0.1) is 11.2 Å². The maximum Gasteiger partial charge on any atom is 0.525 e. The first kappa shape index (κ1) is 18.4. The fourth-order valence-electron chi connectivity index (χ4n) is 3.11. The minimum absolute atomic E-state index is 0.353. The Bertz CT molecular complexity index is 636. The normalized spacial score (nSPS) is 23.6. The van der Waals surface area contributed by atoms with Crippen LogP contribution < -0.4 is 10.2 Å². The number of anilines is 1. The molecule has 6 heteroatoms. The fraction of sp³-hybridized carbons (Fsp3) is 0.579. The summed E-state index contributed by atoms with van der Waals surface area (Å²) in [5.41, 5.74) is 1.15. The first-order chi connectivity index (χ1) is 11.7. The second-order valence-corrected chi connectivity index (χ2v) is 7.85. The topological polar surface area (TPSA) is 33.7 Å². The summed E-state index contributed by atoms with van der Waals surface area (Å²) in [6.07, 6.45) is 0. The van der Waals surface area contributed by atoms with Crippen LogP contribution in [0.25, 0.3) is 5.57 Å². The first-order valence-electron chi connectivity index (χ1n) is 8.99. The number of allylic oxidation sites excluding steroid dienone is 1. The molecule has 0 radical (unpaired) electrons. The van der Waals surface area contributed by atoms with E-state index in [4.69, 9.17) is 9.31 Å². The van der Waals surface area contributed by atoms with Gasteiger partial charge in [0.25, 0.3) is 0 Å². The van der Waals surface area contributed by atoms with Crippen LogP contribution in [-0.2, 0) is 9.31 Å². The third-order valence-corrected chi connectivity index (χ3v) is 5.60. The van der Waals surface area contributed by atoms with Gasteiger partial charge < -0.3 is 19.5 Å². The highest BCUT2D eigenvalue weighted by Crippen LogP contribution is 2.40. The zero-order valence-corrected chi connectivity index (χ0v) is 15.9. The van der Waals surface area contributed by atoms with E-state index in [-0.39, 0.29) is 5.73 Å². The van der Waals surface area contributed by atoms with Crippen LogP contribution in [0.2, 0.25) is 0 Å². The number of nitrogens with one attached hydrogen (secondary N) is 1. The van der Waals surface area contributed by atoms with Gasteiger partial charge in [-0.25, -0.2) is 4.39 Å². The van der Waals surface area contributed by atoms with Crippen molar-refractivity contribution < 1.29 is 13.7 Å². The summed E-state index contributed by atoms with van der Waals surface area (Å²) >= 11 is 0. The molecule has 2 fully saturated rings. The highest BCUT2D eigenvalue weighted by molar-refractivity contribution is 6.55. The van der Waals surface area contributed by atoms with E-state index >= 15 is 0 Å². The lowest BCUT2D eigenvalue weighted by atomic mass is 9.83. The molecule has 1 aromatic rings. The van der Waals surface area contributed by atoms with Gasteiger partial charge in [-0.3, -0.25) is 0 Å². The van der Waals surface area contributed by atoms with E-state index in [9.17, 15) is 4.39 Å². The van der Waals surface area contributed by atoms with Crippen molar-refractivity contribution in [3.05, 3.63) is 35.6 Å². The molecule has 2 saturated heterocycles. The van der Waals surface area contributed by atoms with Crippen molar-refractivity contribution >= 4 is 18.4 Å². The van der Waals surface area contributed by atoms with Crippen molar-refractivity contribution in [2.24, 2.45) is 0 Å². The molecule has 4 nitrogen and oxygen atoms in total. The summed E-state index contributed by atoms with van der Waals surface area (Å²) in [5, 5.41) is 3.35. The third kappa shape index (κ3) is 3.61. The Kier molecular flexibility index (Phi) is 4.97. The zero-order chi connectivity index (χ0) is 18.2. The largest absolute Gasteiger partial charge is 0.525 e. The van der Waals surface area contributed by atoms with Crippen molar-refractivity contribution in [1.82, 2.24) is 5.32 Å². The quantitative estimate of drug-likeness (QED) is 0.851. The Hall–Kier alpha value is -1.37. The lowest BCUT2D eigenvalue weighted by molar-refractivity contribution is 0.00578. The van der Waals surface area contributed by atoms with Crippen molar-refractivity contribution in [2.75, 3.05) is 31.1 Å². The van der Waals surface area contributed by atoms with Crippen LogP contribution in [0.1, 0.15) is 40.2 Å². The Morgan fingerprint density at radius 1 is 1.04 bits per heavy atom. The number of halogens is 1. The first-order valence-corrected chi connectivity index (χ1v) is 8.99. The molecule has 0 aromatic heterocycles. The Labute approximate surface area is 150 Å². The lowest BCUT2D eigenvalue weighted by Gasteiger charge is -2.32. The van der Waals surface area contributed by atoms with Gasteiger partial charge in [-0.1, -0.05) is 12.1 Å². The van der Waals surface area contributed by atoms with Gasteiger partial charge in [-0.15, -0.1) is 0 Å². The summed E-state index contributed by atoms with van der Waals surface area (Å²) in [6, 6.07) is 8.05. The highest BCUT2D eigenvalue weighted by atomic mass is 19.1. The Morgan fingerprint density at radius 3 is 2.08 bits per heavy atom. The van der Waals surface area contributed by atoms with Crippen molar-refractivity contribution in [3.63, 3.8) is 0 Å². The van der Waals surface area contributed by atoms with Gasteiger partial charge in [0.2, 0.25) is 0 Å². The van der Waals surface area contributed by atoms with Crippen molar-refractivity contribution in [1.29, 1.82) is 0 Å². The molecule has 0 aliphatic carbocycles. The summed E-state index contributed by atoms with van der Waals surface area (Å²) in [4.78, 5) is 2.34. The fourth-order valence-corrected chi connectivity index (χ4v) is 3.11. The molecule has 1 aromatic carbocycles. The van der Waals surface area contributed by atoms with E-state index in [1.807, 2.05) is 39.8 Å². The predicted molar refractivity (Wildman–Crippen MR) is 101 cm³/mol. The molecule has 0 saturated carbocycles. The summed E-state index contributed by atoms with van der Waals surface area (Å²) in [6.45, 7) is 13.5. The van der Waals surface area contributed by atoms with Gasteiger partial charge in [-0.2, -0.15) is 0 Å². The molecule has 2 heterocycles. The van der Waals surface area contributed by atoms with Gasteiger partial charge >= 0.3 is 7.12 Å². The monoisotopic (exact) mass is 346 g/mol. The molecule has 2 aliphatic rings. The van der Waals surface area contributed by atoms with E-state index in [0.29, 0.717) is 5.57 Å². The number of nitrogens with zero attached hydrogens (tertiary/aromatic N) is 1. The predicted octanol–water partition coefficient (Wildman–Crippen LogP) is 3.43. The SMILES string of the molecule is CC(=C(F)B1OC(C)(C)C(C)(C)O1)c1ccc(N2CCNCC2)cc1.